The van der Waals surface area contributed by atoms with Crippen LogP contribution in [-0.4, -0.2) is 13.1 Å². The maximum atomic E-state index is 8.28. The average Bonchev–Trinajstić information content (AvgIpc) is 2.14. The van der Waals surface area contributed by atoms with E-state index in [1.807, 2.05) is 0 Å². The Morgan fingerprint density at radius 1 is 1.71 bits per heavy atom. The largest absolute Gasteiger partial charge is 0.315 e. The van der Waals surface area contributed by atoms with Gasteiger partial charge in [0.15, 0.2) is 0 Å². The van der Waals surface area contributed by atoms with Gasteiger partial charge in [-0.3, -0.25) is 0 Å². The van der Waals surface area contributed by atoms with Crippen molar-refractivity contribution in [2.45, 2.75) is 6.42 Å². The van der Waals surface area contributed by atoms with Crippen LogP contribution in [0.3, 0.4) is 0 Å². The van der Waals surface area contributed by atoms with E-state index in [0.29, 0.717) is 5.92 Å². The number of nitrogens with one attached hydrogen (secondary N) is 1. The first-order valence-electron chi connectivity index (χ1n) is 2.54. The van der Waals surface area contributed by atoms with Gasteiger partial charge >= 0.3 is 0 Å². The highest BCUT2D eigenvalue weighted by Gasteiger charge is 2.11. The molecule has 0 aromatic heterocycles. The molecule has 0 amide bonds. The zero-order valence-electron chi connectivity index (χ0n) is 4.15. The number of rotatable bonds is 0. The molecule has 1 aliphatic heterocycles. The Balaban J connectivity index is 2.31. The van der Waals surface area contributed by atoms with Gasteiger partial charge in [0.25, 0.3) is 0 Å². The monoisotopic (exact) mass is 96.1 g/mol. The zero-order valence-corrected chi connectivity index (χ0v) is 4.15. The minimum atomic E-state index is 0.292. The fourth-order valence-electron chi connectivity index (χ4n) is 0.765. The lowest BCUT2D eigenvalue weighted by molar-refractivity contribution is 0.743. The Morgan fingerprint density at radius 2 is 2.57 bits per heavy atom. The van der Waals surface area contributed by atoms with Gasteiger partial charge in [0, 0.05) is 6.54 Å². The van der Waals surface area contributed by atoms with Gasteiger partial charge in [0.1, 0.15) is 0 Å². The van der Waals surface area contributed by atoms with Crippen molar-refractivity contribution in [3.8, 4) is 6.07 Å². The Bertz CT molecular complexity index is 86.7. The maximum absolute atomic E-state index is 8.28. The second-order valence-electron chi connectivity index (χ2n) is 1.82. The Kier molecular flexibility index (Phi) is 1.28. The van der Waals surface area contributed by atoms with E-state index in [2.05, 4.69) is 11.4 Å². The number of nitriles is 1. The van der Waals surface area contributed by atoms with Gasteiger partial charge in [-0.15, -0.1) is 0 Å². The molecule has 1 rings (SSSR count). The van der Waals surface area contributed by atoms with Crippen LogP contribution < -0.4 is 5.32 Å². The van der Waals surface area contributed by atoms with Crippen LogP contribution >= 0.6 is 0 Å². The van der Waals surface area contributed by atoms with E-state index in [9.17, 15) is 0 Å². The summed E-state index contributed by atoms with van der Waals surface area (Å²) < 4.78 is 0. The average molecular weight is 96.1 g/mol. The molecule has 0 aliphatic carbocycles. The van der Waals surface area contributed by atoms with Crippen molar-refractivity contribution in [2.24, 2.45) is 5.92 Å². The maximum Gasteiger partial charge on any atom is 0.0669 e. The second-order valence-corrected chi connectivity index (χ2v) is 1.82. The van der Waals surface area contributed by atoms with E-state index < -0.39 is 0 Å². The lowest BCUT2D eigenvalue weighted by atomic mass is 10.2. The third-order valence-electron chi connectivity index (χ3n) is 1.24. The van der Waals surface area contributed by atoms with Crippen molar-refractivity contribution in [3.63, 3.8) is 0 Å². The minimum Gasteiger partial charge on any atom is -0.315 e. The first kappa shape index (κ1) is 4.61. The lowest BCUT2D eigenvalue weighted by Gasteiger charge is -1.87. The van der Waals surface area contributed by atoms with Crippen molar-refractivity contribution in [2.75, 3.05) is 13.1 Å². The Hall–Kier alpha value is -0.550. The molecule has 7 heavy (non-hydrogen) atoms. The van der Waals surface area contributed by atoms with Crippen molar-refractivity contribution >= 4 is 0 Å². The van der Waals surface area contributed by atoms with Crippen molar-refractivity contribution in [3.05, 3.63) is 0 Å². The van der Waals surface area contributed by atoms with Gasteiger partial charge in [0.2, 0.25) is 0 Å². The van der Waals surface area contributed by atoms with Crippen LogP contribution in [0.25, 0.3) is 0 Å². The predicted molar refractivity (Wildman–Crippen MR) is 26.6 cm³/mol. The third kappa shape index (κ3) is 0.908. The fraction of sp³-hybridized carbons (Fsp3) is 0.800. The summed E-state index contributed by atoms with van der Waals surface area (Å²) in [5.74, 6) is 0.292. The number of nitrogens with zero attached hydrogens (tertiary/aromatic N) is 1. The number of hydrogen-bond acceptors (Lipinski definition) is 2. The van der Waals surface area contributed by atoms with Gasteiger partial charge in [-0.2, -0.15) is 5.26 Å². The molecule has 0 saturated carbocycles. The van der Waals surface area contributed by atoms with E-state index in [-0.39, 0.29) is 0 Å². The molecule has 1 atom stereocenters. The molecule has 1 heterocycles. The topological polar surface area (TPSA) is 35.8 Å². The highest BCUT2D eigenvalue weighted by Crippen LogP contribution is 2.03. The highest BCUT2D eigenvalue weighted by atomic mass is 14.9. The molecule has 0 bridgehead atoms. The van der Waals surface area contributed by atoms with Crippen LogP contribution in [0.4, 0.5) is 0 Å². The van der Waals surface area contributed by atoms with Crippen LogP contribution in [0, 0.1) is 17.2 Å². The van der Waals surface area contributed by atoms with Crippen LogP contribution in [0.15, 0.2) is 0 Å². The van der Waals surface area contributed by atoms with Gasteiger partial charge in [0.05, 0.1) is 12.0 Å². The van der Waals surface area contributed by atoms with Crippen molar-refractivity contribution in [1.29, 1.82) is 5.26 Å². The summed E-state index contributed by atoms with van der Waals surface area (Å²) in [6.45, 7) is 1.93. The normalized spacial score (nSPS) is 29.9. The molecular weight excluding hydrogens is 88.1 g/mol. The number of hydrogen-bond donors (Lipinski definition) is 1. The standard InChI is InChI=1S/C5H8N2/c6-3-5-1-2-7-4-5/h5,7H,1-2,4H2/t5-/m1/s1. The van der Waals surface area contributed by atoms with E-state index in [0.717, 1.165) is 19.5 Å². The SMILES string of the molecule is N#C[C@H]1CCNC1. The molecule has 0 radical (unpaired) electrons. The molecule has 1 N–H and O–H groups in total. The summed E-state index contributed by atoms with van der Waals surface area (Å²) >= 11 is 0. The molecule has 0 aromatic rings. The molecule has 0 aromatic carbocycles. The summed E-state index contributed by atoms with van der Waals surface area (Å²) in [5.41, 5.74) is 0. The van der Waals surface area contributed by atoms with Crippen LogP contribution in [0.5, 0.6) is 0 Å². The van der Waals surface area contributed by atoms with Crippen molar-refractivity contribution < 1.29 is 0 Å². The summed E-state index contributed by atoms with van der Waals surface area (Å²) in [6.07, 6.45) is 1.04. The smallest absolute Gasteiger partial charge is 0.0669 e. The molecular formula is C5H8N2. The summed E-state index contributed by atoms with van der Waals surface area (Å²) in [7, 11) is 0. The first-order valence-corrected chi connectivity index (χ1v) is 2.54. The molecule has 1 saturated heterocycles. The zero-order chi connectivity index (χ0) is 5.11. The van der Waals surface area contributed by atoms with E-state index in [1.54, 1.807) is 0 Å². The third-order valence-corrected chi connectivity index (χ3v) is 1.24. The minimum absolute atomic E-state index is 0.292. The molecule has 0 spiro atoms. The predicted octanol–water partition coefficient (Wildman–Crippen LogP) is 0.119. The van der Waals surface area contributed by atoms with E-state index in [4.69, 9.17) is 5.26 Å². The van der Waals surface area contributed by atoms with E-state index >= 15 is 0 Å². The molecule has 1 aliphatic rings. The van der Waals surface area contributed by atoms with Crippen LogP contribution in [0.1, 0.15) is 6.42 Å². The molecule has 0 unspecified atom stereocenters. The van der Waals surface area contributed by atoms with Gasteiger partial charge in [-0.1, -0.05) is 0 Å². The summed E-state index contributed by atoms with van der Waals surface area (Å²) in [5, 5.41) is 11.4. The Morgan fingerprint density at radius 3 is 2.86 bits per heavy atom. The molecule has 1 fully saturated rings. The van der Waals surface area contributed by atoms with Crippen LogP contribution in [0.2, 0.25) is 0 Å². The Labute approximate surface area is 43.1 Å². The molecule has 2 nitrogen and oxygen atoms in total. The summed E-state index contributed by atoms with van der Waals surface area (Å²) in [6, 6.07) is 2.20. The van der Waals surface area contributed by atoms with Crippen molar-refractivity contribution in [1.82, 2.24) is 5.32 Å². The second kappa shape index (κ2) is 1.94. The lowest BCUT2D eigenvalue weighted by Crippen LogP contribution is -2.07. The highest BCUT2D eigenvalue weighted by molar-refractivity contribution is 4.88. The van der Waals surface area contributed by atoms with Crippen LogP contribution in [-0.2, 0) is 0 Å². The quantitative estimate of drug-likeness (QED) is 0.465. The van der Waals surface area contributed by atoms with Gasteiger partial charge in [-0.05, 0) is 13.0 Å². The van der Waals surface area contributed by atoms with E-state index in [1.165, 1.54) is 0 Å². The van der Waals surface area contributed by atoms with Gasteiger partial charge < -0.3 is 5.32 Å². The summed E-state index contributed by atoms with van der Waals surface area (Å²) in [4.78, 5) is 0. The first-order chi connectivity index (χ1) is 3.43. The van der Waals surface area contributed by atoms with Gasteiger partial charge in [-0.25, -0.2) is 0 Å². The molecule has 2 heteroatoms. The fourth-order valence-corrected chi connectivity index (χ4v) is 0.765. The molecule has 38 valence electrons.